The number of nitrogens with zero attached hydrogens (tertiary/aromatic N) is 3. The van der Waals surface area contributed by atoms with E-state index in [2.05, 4.69) is 194 Å². The second-order valence-corrected chi connectivity index (χ2v) is 13.6. The Morgan fingerprint density at radius 3 is 1.50 bits per heavy atom. The third-order valence-corrected chi connectivity index (χ3v) is 10.3. The molecule has 0 fully saturated rings. The monoisotopic (exact) mass is 687 g/mol. The zero-order chi connectivity index (χ0) is 35.8. The molecule has 0 amide bonds. The number of hydrogen-bond acceptors (Lipinski definition) is 3. The highest BCUT2D eigenvalue weighted by molar-refractivity contribution is 6.06. The molecule has 0 saturated heterocycles. The summed E-state index contributed by atoms with van der Waals surface area (Å²) >= 11 is 0. The van der Waals surface area contributed by atoms with Crippen LogP contribution < -0.4 is 0 Å². The lowest BCUT2D eigenvalue weighted by molar-refractivity contribution is 1.08. The molecule has 0 aliphatic heterocycles. The fourth-order valence-electron chi connectivity index (χ4n) is 7.64. The summed E-state index contributed by atoms with van der Waals surface area (Å²) in [7, 11) is 0. The van der Waals surface area contributed by atoms with Crippen LogP contribution in [0.5, 0.6) is 0 Å². The molecule has 0 radical (unpaired) electrons. The van der Waals surface area contributed by atoms with Gasteiger partial charge >= 0.3 is 0 Å². The first-order chi connectivity index (χ1) is 26.7. The van der Waals surface area contributed by atoms with E-state index in [1.807, 2.05) is 6.07 Å². The van der Waals surface area contributed by atoms with E-state index in [9.17, 15) is 0 Å². The van der Waals surface area contributed by atoms with Gasteiger partial charge in [-0.15, -0.1) is 0 Å². The van der Waals surface area contributed by atoms with Gasteiger partial charge in [0.25, 0.3) is 0 Å². The van der Waals surface area contributed by atoms with Gasteiger partial charge in [-0.2, -0.15) is 0 Å². The van der Waals surface area contributed by atoms with Gasteiger partial charge in [0.1, 0.15) is 0 Å². The maximum atomic E-state index is 5.25. The van der Waals surface area contributed by atoms with Crippen molar-refractivity contribution in [1.82, 2.24) is 15.0 Å². The molecule has 0 aliphatic rings. The minimum absolute atomic E-state index is 0.633. The molecule has 10 aromatic rings. The minimum atomic E-state index is 0.633. The van der Waals surface area contributed by atoms with Crippen LogP contribution in [0.2, 0.25) is 0 Å². The van der Waals surface area contributed by atoms with Crippen LogP contribution in [0.3, 0.4) is 0 Å². The molecule has 0 aliphatic carbocycles. The maximum absolute atomic E-state index is 5.25. The SMILES string of the molecule is c1ccc(-c2cccc(-c3nc(-c4ccc5cc(-c6cccc7ccccc67)ccc5c4)nc(-c4cccc5cccc(-c6ccccc6)c45)n3)c2)cc1. The van der Waals surface area contributed by atoms with Crippen molar-refractivity contribution in [3.8, 4) is 67.5 Å². The van der Waals surface area contributed by atoms with Crippen LogP contribution in [0.4, 0.5) is 0 Å². The number of rotatable bonds is 6. The van der Waals surface area contributed by atoms with Crippen LogP contribution in [0.1, 0.15) is 0 Å². The lowest BCUT2D eigenvalue weighted by Gasteiger charge is -2.14. The molecule has 9 aromatic carbocycles. The highest BCUT2D eigenvalue weighted by Gasteiger charge is 2.17. The average Bonchev–Trinajstić information content (AvgIpc) is 3.26. The molecule has 1 aromatic heterocycles. The van der Waals surface area contributed by atoms with E-state index in [1.165, 1.54) is 21.9 Å². The molecule has 3 nitrogen and oxygen atoms in total. The highest BCUT2D eigenvalue weighted by Crippen LogP contribution is 2.38. The zero-order valence-corrected chi connectivity index (χ0v) is 29.4. The molecule has 0 N–H and O–H groups in total. The van der Waals surface area contributed by atoms with Gasteiger partial charge in [-0.05, 0) is 78.5 Å². The van der Waals surface area contributed by atoms with E-state index in [0.29, 0.717) is 17.5 Å². The smallest absolute Gasteiger partial charge is 0.164 e. The van der Waals surface area contributed by atoms with Crippen molar-refractivity contribution in [2.45, 2.75) is 0 Å². The predicted molar refractivity (Wildman–Crippen MR) is 225 cm³/mol. The van der Waals surface area contributed by atoms with E-state index < -0.39 is 0 Å². The normalized spacial score (nSPS) is 11.3. The van der Waals surface area contributed by atoms with Crippen LogP contribution in [0.25, 0.3) is 99.9 Å². The van der Waals surface area contributed by atoms with Gasteiger partial charge < -0.3 is 0 Å². The van der Waals surface area contributed by atoms with Gasteiger partial charge in [0.15, 0.2) is 17.5 Å². The predicted octanol–water partition coefficient (Wildman–Crippen LogP) is 13.3. The Labute approximate surface area is 313 Å². The Morgan fingerprint density at radius 2 is 0.741 bits per heavy atom. The lowest BCUT2D eigenvalue weighted by Crippen LogP contribution is -2.01. The van der Waals surface area contributed by atoms with Crippen LogP contribution in [-0.2, 0) is 0 Å². The van der Waals surface area contributed by atoms with Crippen LogP contribution in [-0.4, -0.2) is 15.0 Å². The zero-order valence-electron chi connectivity index (χ0n) is 29.4. The Kier molecular flexibility index (Phi) is 7.81. The van der Waals surface area contributed by atoms with Gasteiger partial charge in [-0.3, -0.25) is 0 Å². The van der Waals surface area contributed by atoms with E-state index in [-0.39, 0.29) is 0 Å². The van der Waals surface area contributed by atoms with Gasteiger partial charge in [0, 0.05) is 22.1 Å². The molecular weight excluding hydrogens is 655 g/mol. The molecule has 1 heterocycles. The average molecular weight is 688 g/mol. The number of aromatic nitrogens is 3. The number of fused-ring (bicyclic) bond motifs is 3. The molecule has 3 heteroatoms. The molecular formula is C51H33N3. The Bertz CT molecular complexity index is 2980. The van der Waals surface area contributed by atoms with Crippen molar-refractivity contribution >= 4 is 32.3 Å². The van der Waals surface area contributed by atoms with Crippen molar-refractivity contribution in [2.75, 3.05) is 0 Å². The Hall–Kier alpha value is -7.23. The summed E-state index contributed by atoms with van der Waals surface area (Å²) < 4.78 is 0. The van der Waals surface area contributed by atoms with Crippen molar-refractivity contribution < 1.29 is 0 Å². The van der Waals surface area contributed by atoms with Gasteiger partial charge in [0.05, 0.1) is 0 Å². The topological polar surface area (TPSA) is 38.7 Å². The molecule has 10 rings (SSSR count). The molecule has 0 bridgehead atoms. The van der Waals surface area contributed by atoms with E-state index in [1.54, 1.807) is 0 Å². The van der Waals surface area contributed by atoms with Gasteiger partial charge in [-0.1, -0.05) is 182 Å². The van der Waals surface area contributed by atoms with Crippen LogP contribution in [0, 0.1) is 0 Å². The van der Waals surface area contributed by atoms with E-state index in [0.717, 1.165) is 60.5 Å². The first-order valence-electron chi connectivity index (χ1n) is 18.3. The molecule has 0 atom stereocenters. The summed E-state index contributed by atoms with van der Waals surface area (Å²) in [6.45, 7) is 0. The lowest BCUT2D eigenvalue weighted by atomic mass is 9.94. The summed E-state index contributed by atoms with van der Waals surface area (Å²) in [6, 6.07) is 70.6. The summed E-state index contributed by atoms with van der Waals surface area (Å²) in [5.41, 5.74) is 9.82. The third-order valence-electron chi connectivity index (χ3n) is 10.3. The fourth-order valence-corrected chi connectivity index (χ4v) is 7.64. The standard InChI is InChI=1S/C51H33N3/c1-3-13-34(14-4-1)38-21-9-22-42(32-38)49-52-50(54-51(53-49)47-26-12-20-37-19-11-25-46(48(37)47)36-15-5-2-6-16-36)43-30-28-39-31-41(29-27-40(39)33-43)45-24-10-18-35-17-7-8-23-44(35)45/h1-33H. The summed E-state index contributed by atoms with van der Waals surface area (Å²) in [6.07, 6.45) is 0. The van der Waals surface area contributed by atoms with Crippen molar-refractivity contribution in [3.05, 3.63) is 200 Å². The number of benzene rings is 9. The summed E-state index contributed by atoms with van der Waals surface area (Å²) in [4.78, 5) is 15.7. The minimum Gasteiger partial charge on any atom is -0.208 e. The van der Waals surface area contributed by atoms with Gasteiger partial charge in [-0.25, -0.2) is 15.0 Å². The largest absolute Gasteiger partial charge is 0.208 e. The van der Waals surface area contributed by atoms with E-state index >= 15 is 0 Å². The second-order valence-electron chi connectivity index (χ2n) is 13.6. The van der Waals surface area contributed by atoms with Crippen LogP contribution >= 0.6 is 0 Å². The maximum Gasteiger partial charge on any atom is 0.164 e. The van der Waals surface area contributed by atoms with Crippen LogP contribution in [0.15, 0.2) is 200 Å². The Morgan fingerprint density at radius 1 is 0.241 bits per heavy atom. The first kappa shape index (κ1) is 31.5. The van der Waals surface area contributed by atoms with Gasteiger partial charge in [0.2, 0.25) is 0 Å². The second kappa shape index (κ2) is 13.4. The molecule has 0 unspecified atom stereocenters. The third kappa shape index (κ3) is 5.78. The molecule has 54 heavy (non-hydrogen) atoms. The fraction of sp³-hybridized carbons (Fsp3) is 0. The molecule has 252 valence electrons. The summed E-state index contributed by atoms with van der Waals surface area (Å²) in [5, 5.41) is 7.03. The number of hydrogen-bond donors (Lipinski definition) is 0. The van der Waals surface area contributed by atoms with Crippen molar-refractivity contribution in [3.63, 3.8) is 0 Å². The molecule has 0 saturated carbocycles. The Balaban J connectivity index is 1.15. The quantitative estimate of drug-likeness (QED) is 0.175. The van der Waals surface area contributed by atoms with Crippen molar-refractivity contribution in [1.29, 1.82) is 0 Å². The van der Waals surface area contributed by atoms with Crippen molar-refractivity contribution in [2.24, 2.45) is 0 Å². The highest BCUT2D eigenvalue weighted by atomic mass is 15.0. The molecule has 0 spiro atoms. The first-order valence-corrected chi connectivity index (χ1v) is 18.3. The van der Waals surface area contributed by atoms with E-state index in [4.69, 9.17) is 15.0 Å². The summed E-state index contributed by atoms with van der Waals surface area (Å²) in [5.74, 6) is 1.91.